The molecule has 0 aliphatic rings. The number of anilines is 1. The topological polar surface area (TPSA) is 81.1 Å². The third kappa shape index (κ3) is 3.54. The molecule has 7 heteroatoms. The van der Waals surface area contributed by atoms with Crippen LogP contribution < -0.4 is 17.0 Å². The lowest BCUT2D eigenvalue weighted by Crippen LogP contribution is -2.29. The number of halogens is 1. The number of nitrogen functional groups attached to an aromatic ring is 2. The number of hydrazine groups is 1. The Morgan fingerprint density at radius 1 is 1.45 bits per heavy atom. The molecule has 0 atom stereocenters. The van der Waals surface area contributed by atoms with E-state index in [0.29, 0.717) is 4.88 Å². The van der Waals surface area contributed by atoms with Crippen LogP contribution in [0.3, 0.4) is 0 Å². The summed E-state index contributed by atoms with van der Waals surface area (Å²) in [5.74, 6) is 5.66. The van der Waals surface area contributed by atoms with Crippen molar-refractivity contribution in [3.63, 3.8) is 0 Å². The summed E-state index contributed by atoms with van der Waals surface area (Å²) in [6.45, 7) is 2.00. The molecule has 106 valence electrons. The number of rotatable bonds is 4. The molecule has 1 aromatic heterocycles. The van der Waals surface area contributed by atoms with Crippen LogP contribution in [0.2, 0.25) is 0 Å². The van der Waals surface area contributed by atoms with Gasteiger partial charge in [-0.15, -0.1) is 23.1 Å². The minimum absolute atomic E-state index is 0.253. The van der Waals surface area contributed by atoms with Crippen molar-refractivity contribution in [1.29, 1.82) is 0 Å². The average Bonchev–Trinajstić information content (AvgIpc) is 2.80. The fourth-order valence-corrected chi connectivity index (χ4v) is 4.24. The molecular weight excluding hydrogens is 358 g/mol. The largest absolute Gasteiger partial charge is 0.398 e. The molecule has 5 N–H and O–H groups in total. The van der Waals surface area contributed by atoms with E-state index in [2.05, 4.69) is 21.4 Å². The molecule has 20 heavy (non-hydrogen) atoms. The number of benzene rings is 1. The highest BCUT2D eigenvalue weighted by atomic mass is 79.9. The van der Waals surface area contributed by atoms with Gasteiger partial charge in [-0.2, -0.15) is 0 Å². The van der Waals surface area contributed by atoms with Crippen LogP contribution in [0.5, 0.6) is 0 Å². The number of thiophene rings is 1. The molecule has 0 radical (unpaired) electrons. The Morgan fingerprint density at radius 2 is 2.20 bits per heavy atom. The Balaban J connectivity index is 2.13. The Labute approximate surface area is 134 Å². The summed E-state index contributed by atoms with van der Waals surface area (Å²) in [6, 6.07) is 7.66. The van der Waals surface area contributed by atoms with E-state index in [1.165, 1.54) is 11.3 Å². The van der Waals surface area contributed by atoms with Gasteiger partial charge in [0.15, 0.2) is 0 Å². The standard InChI is InChI=1S/C13H14BrN3OS2/c1-7-8(4-12(20-7)13(18)17-16)6-19-11-5-9(14)2-3-10(11)15/h2-5H,6,15-16H2,1H3,(H,17,18). The summed E-state index contributed by atoms with van der Waals surface area (Å²) < 4.78 is 0.999. The molecule has 0 bridgehead atoms. The van der Waals surface area contributed by atoms with Gasteiger partial charge in [0.1, 0.15) is 0 Å². The van der Waals surface area contributed by atoms with E-state index in [1.807, 2.05) is 31.2 Å². The number of nitrogens with one attached hydrogen (secondary N) is 1. The molecule has 2 aromatic rings. The van der Waals surface area contributed by atoms with E-state index < -0.39 is 0 Å². The van der Waals surface area contributed by atoms with E-state index in [0.717, 1.165) is 31.2 Å². The summed E-state index contributed by atoms with van der Waals surface area (Å²) in [5, 5.41) is 0. The van der Waals surface area contributed by atoms with Crippen LogP contribution in [0.15, 0.2) is 33.6 Å². The minimum atomic E-state index is -0.253. The van der Waals surface area contributed by atoms with Crippen LogP contribution in [-0.4, -0.2) is 5.91 Å². The normalized spacial score (nSPS) is 10.6. The number of carbonyl (C=O) groups excluding carboxylic acids is 1. The first-order valence-electron chi connectivity index (χ1n) is 5.79. The van der Waals surface area contributed by atoms with Crippen molar-refractivity contribution in [3.8, 4) is 0 Å². The number of hydrogen-bond acceptors (Lipinski definition) is 5. The molecule has 1 aromatic carbocycles. The van der Waals surface area contributed by atoms with E-state index in [9.17, 15) is 4.79 Å². The van der Waals surface area contributed by atoms with Crippen molar-refractivity contribution in [2.45, 2.75) is 17.6 Å². The lowest BCUT2D eigenvalue weighted by Gasteiger charge is -2.05. The zero-order chi connectivity index (χ0) is 14.7. The van der Waals surface area contributed by atoms with Crippen molar-refractivity contribution in [3.05, 3.63) is 44.1 Å². The van der Waals surface area contributed by atoms with Gasteiger partial charge >= 0.3 is 0 Å². The fraction of sp³-hybridized carbons (Fsp3) is 0.154. The van der Waals surface area contributed by atoms with Gasteiger partial charge in [-0.1, -0.05) is 15.9 Å². The molecule has 4 nitrogen and oxygen atoms in total. The fourth-order valence-electron chi connectivity index (χ4n) is 1.63. The second-order valence-electron chi connectivity index (χ2n) is 4.14. The Morgan fingerprint density at radius 3 is 2.90 bits per heavy atom. The molecule has 0 saturated carbocycles. The maximum Gasteiger partial charge on any atom is 0.275 e. The number of carbonyl (C=O) groups is 1. The molecule has 0 spiro atoms. The smallest absolute Gasteiger partial charge is 0.275 e. The highest BCUT2D eigenvalue weighted by Crippen LogP contribution is 2.33. The first-order chi connectivity index (χ1) is 9.51. The Bertz CT molecular complexity index is 643. The molecule has 1 amide bonds. The Hall–Kier alpha value is -1.02. The van der Waals surface area contributed by atoms with Crippen molar-refractivity contribution in [2.24, 2.45) is 5.84 Å². The second kappa shape index (κ2) is 6.62. The summed E-state index contributed by atoms with van der Waals surface area (Å²) in [6.07, 6.45) is 0. The first-order valence-corrected chi connectivity index (χ1v) is 8.39. The third-order valence-electron chi connectivity index (χ3n) is 2.73. The predicted octanol–water partition coefficient (Wildman–Crippen LogP) is 3.30. The van der Waals surface area contributed by atoms with Gasteiger partial charge in [-0.3, -0.25) is 10.2 Å². The van der Waals surface area contributed by atoms with Gasteiger partial charge in [0, 0.05) is 25.7 Å². The molecule has 2 rings (SSSR count). The van der Waals surface area contributed by atoms with Gasteiger partial charge in [-0.25, -0.2) is 5.84 Å². The number of thioether (sulfide) groups is 1. The highest BCUT2D eigenvalue weighted by molar-refractivity contribution is 9.10. The van der Waals surface area contributed by atoms with Crippen LogP contribution in [-0.2, 0) is 5.75 Å². The second-order valence-corrected chi connectivity index (χ2v) is 7.33. The van der Waals surface area contributed by atoms with Crippen molar-refractivity contribution >= 4 is 50.6 Å². The average molecular weight is 372 g/mol. The Kier molecular flexibility index (Phi) is 5.09. The monoisotopic (exact) mass is 371 g/mol. The van der Waals surface area contributed by atoms with Gasteiger partial charge in [0.25, 0.3) is 5.91 Å². The van der Waals surface area contributed by atoms with Crippen LogP contribution in [0.25, 0.3) is 0 Å². The third-order valence-corrected chi connectivity index (χ3v) is 5.44. The number of hydrogen-bond donors (Lipinski definition) is 3. The summed E-state index contributed by atoms with van der Waals surface area (Å²) in [4.78, 5) is 14.3. The zero-order valence-corrected chi connectivity index (χ0v) is 14.0. The highest BCUT2D eigenvalue weighted by Gasteiger charge is 2.12. The molecule has 0 unspecified atom stereocenters. The van der Waals surface area contributed by atoms with Crippen molar-refractivity contribution in [2.75, 3.05) is 5.73 Å². The lowest BCUT2D eigenvalue weighted by molar-refractivity contribution is 0.0957. The summed E-state index contributed by atoms with van der Waals surface area (Å²) in [7, 11) is 0. The lowest BCUT2D eigenvalue weighted by atomic mass is 10.3. The maximum absolute atomic E-state index is 11.5. The van der Waals surface area contributed by atoms with Crippen molar-refractivity contribution in [1.82, 2.24) is 5.43 Å². The van der Waals surface area contributed by atoms with Gasteiger partial charge in [-0.05, 0) is 36.8 Å². The van der Waals surface area contributed by atoms with Gasteiger partial charge in [0.2, 0.25) is 0 Å². The van der Waals surface area contributed by atoms with Crippen LogP contribution in [0.1, 0.15) is 20.1 Å². The van der Waals surface area contributed by atoms with Gasteiger partial charge < -0.3 is 5.73 Å². The van der Waals surface area contributed by atoms with E-state index >= 15 is 0 Å². The molecule has 1 heterocycles. The van der Waals surface area contributed by atoms with Crippen LogP contribution >= 0.6 is 39.0 Å². The van der Waals surface area contributed by atoms with Crippen LogP contribution in [0, 0.1) is 6.92 Å². The number of nitrogens with two attached hydrogens (primary N) is 2. The summed E-state index contributed by atoms with van der Waals surface area (Å²) in [5.41, 5.74) is 9.98. The van der Waals surface area contributed by atoms with Crippen LogP contribution in [0.4, 0.5) is 5.69 Å². The SMILES string of the molecule is Cc1sc(C(=O)NN)cc1CSc1cc(Br)ccc1N. The molecular formula is C13H14BrN3OS2. The van der Waals surface area contributed by atoms with Crippen molar-refractivity contribution < 1.29 is 4.79 Å². The minimum Gasteiger partial charge on any atom is -0.398 e. The van der Waals surface area contributed by atoms with E-state index in [-0.39, 0.29) is 5.91 Å². The number of amides is 1. The van der Waals surface area contributed by atoms with E-state index in [1.54, 1.807) is 11.8 Å². The predicted molar refractivity (Wildman–Crippen MR) is 88.8 cm³/mol. The zero-order valence-electron chi connectivity index (χ0n) is 10.8. The number of aryl methyl sites for hydroxylation is 1. The first kappa shape index (κ1) is 15.4. The van der Waals surface area contributed by atoms with Gasteiger partial charge in [0.05, 0.1) is 4.88 Å². The quantitative estimate of drug-likeness (QED) is 0.253. The summed E-state index contributed by atoms with van der Waals surface area (Å²) >= 11 is 6.53. The van der Waals surface area contributed by atoms with E-state index in [4.69, 9.17) is 11.6 Å². The maximum atomic E-state index is 11.5. The molecule has 0 saturated heterocycles. The molecule has 0 aliphatic heterocycles. The molecule has 0 aliphatic carbocycles. The molecule has 0 fully saturated rings.